The minimum atomic E-state index is 0.512. The molecule has 2 nitrogen and oxygen atoms in total. The van der Waals surface area contributed by atoms with Gasteiger partial charge >= 0.3 is 0 Å². The Bertz CT molecular complexity index is 549. The molecule has 2 aromatic rings. The van der Waals surface area contributed by atoms with Crippen LogP contribution in [0.25, 0.3) is 0 Å². The summed E-state index contributed by atoms with van der Waals surface area (Å²) in [5, 5.41) is 3.85. The Labute approximate surface area is 121 Å². The lowest BCUT2D eigenvalue weighted by atomic mass is 10.1. The lowest BCUT2D eigenvalue weighted by Gasteiger charge is -2.12. The number of anilines is 1. The summed E-state index contributed by atoms with van der Waals surface area (Å²) in [5.74, 6) is 0. The van der Waals surface area contributed by atoms with Gasteiger partial charge in [0.05, 0.1) is 5.69 Å². The van der Waals surface area contributed by atoms with Gasteiger partial charge in [0.1, 0.15) is 0 Å². The zero-order chi connectivity index (χ0) is 13.1. The lowest BCUT2D eigenvalue weighted by molar-refractivity contribution is 1.11. The lowest BCUT2D eigenvalue weighted by Crippen LogP contribution is -2.03. The van der Waals surface area contributed by atoms with Crippen molar-refractivity contribution in [3.05, 3.63) is 56.8 Å². The zero-order valence-electron chi connectivity index (χ0n) is 10.3. The summed E-state index contributed by atoms with van der Waals surface area (Å²) in [6.45, 7) is 4.80. The predicted octanol–water partition coefficient (Wildman–Crippen LogP) is 4.73. The first-order chi connectivity index (χ1) is 8.58. The molecule has 0 fully saturated rings. The fourth-order valence-electron chi connectivity index (χ4n) is 1.72. The number of aryl methyl sites for hydroxylation is 2. The van der Waals surface area contributed by atoms with E-state index in [4.69, 9.17) is 11.6 Å². The number of pyridine rings is 1. The number of nitrogens with zero attached hydrogens (tertiary/aromatic N) is 1. The third-order valence-corrected chi connectivity index (χ3v) is 3.80. The van der Waals surface area contributed by atoms with Crippen molar-refractivity contribution in [2.75, 3.05) is 5.32 Å². The van der Waals surface area contributed by atoms with Gasteiger partial charge in [0.15, 0.2) is 5.15 Å². The molecule has 0 spiro atoms. The highest BCUT2D eigenvalue weighted by Crippen LogP contribution is 2.25. The molecule has 0 amide bonds. The molecule has 2 rings (SSSR count). The average Bonchev–Trinajstić information content (AvgIpc) is 2.31. The summed E-state index contributed by atoms with van der Waals surface area (Å²) < 4.78 is 1.10. The molecule has 0 bridgehead atoms. The number of rotatable bonds is 3. The largest absolute Gasteiger partial charge is 0.378 e. The summed E-state index contributed by atoms with van der Waals surface area (Å²) in [6, 6.07) is 8.25. The Morgan fingerprint density at radius 2 is 2.06 bits per heavy atom. The van der Waals surface area contributed by atoms with E-state index in [2.05, 4.69) is 51.4 Å². The van der Waals surface area contributed by atoms with E-state index in [1.54, 1.807) is 6.20 Å². The van der Waals surface area contributed by atoms with Crippen LogP contribution in [0.5, 0.6) is 0 Å². The van der Waals surface area contributed by atoms with Crippen LogP contribution in [-0.4, -0.2) is 4.98 Å². The van der Waals surface area contributed by atoms with Gasteiger partial charge in [0, 0.05) is 17.2 Å². The molecule has 0 unspecified atom stereocenters. The van der Waals surface area contributed by atoms with Crippen molar-refractivity contribution in [1.82, 2.24) is 4.98 Å². The van der Waals surface area contributed by atoms with Crippen LogP contribution in [0.4, 0.5) is 5.69 Å². The average molecular weight is 326 g/mol. The normalized spacial score (nSPS) is 10.4. The Morgan fingerprint density at radius 1 is 1.28 bits per heavy atom. The zero-order valence-corrected chi connectivity index (χ0v) is 12.6. The van der Waals surface area contributed by atoms with E-state index in [0.717, 1.165) is 15.7 Å². The third kappa shape index (κ3) is 3.03. The van der Waals surface area contributed by atoms with Crippen LogP contribution in [0.2, 0.25) is 5.15 Å². The van der Waals surface area contributed by atoms with E-state index in [1.807, 2.05) is 13.0 Å². The molecule has 0 saturated heterocycles. The minimum Gasteiger partial charge on any atom is -0.378 e. The van der Waals surface area contributed by atoms with Crippen molar-refractivity contribution in [3.63, 3.8) is 0 Å². The molecule has 1 aromatic heterocycles. The quantitative estimate of drug-likeness (QED) is 0.825. The number of nitrogens with one attached hydrogen (secondary N) is 1. The Morgan fingerprint density at radius 3 is 2.72 bits per heavy atom. The first-order valence-corrected chi connectivity index (χ1v) is 6.85. The van der Waals surface area contributed by atoms with Gasteiger partial charge in [-0.05, 0) is 42.7 Å². The minimum absolute atomic E-state index is 0.512. The maximum absolute atomic E-state index is 6.08. The topological polar surface area (TPSA) is 24.9 Å². The highest BCUT2D eigenvalue weighted by atomic mass is 79.9. The predicted molar refractivity (Wildman–Crippen MR) is 80.2 cm³/mol. The highest BCUT2D eigenvalue weighted by Gasteiger charge is 2.06. The summed E-state index contributed by atoms with van der Waals surface area (Å²) >= 11 is 9.64. The van der Waals surface area contributed by atoms with Gasteiger partial charge < -0.3 is 5.32 Å². The van der Waals surface area contributed by atoms with E-state index >= 15 is 0 Å². The van der Waals surface area contributed by atoms with Crippen LogP contribution >= 0.6 is 27.5 Å². The van der Waals surface area contributed by atoms with Gasteiger partial charge in [-0.3, -0.25) is 0 Å². The number of benzene rings is 1. The molecule has 0 saturated carbocycles. The van der Waals surface area contributed by atoms with E-state index in [1.165, 1.54) is 11.1 Å². The van der Waals surface area contributed by atoms with Crippen LogP contribution in [0.1, 0.15) is 16.7 Å². The molecule has 0 radical (unpaired) electrons. The van der Waals surface area contributed by atoms with Gasteiger partial charge in [-0.15, -0.1) is 0 Å². The molecule has 0 aliphatic carbocycles. The maximum atomic E-state index is 6.08. The molecule has 1 heterocycles. The third-order valence-electron chi connectivity index (χ3n) is 2.78. The molecular weight excluding hydrogens is 312 g/mol. The molecule has 1 aromatic carbocycles. The first-order valence-electron chi connectivity index (χ1n) is 5.68. The van der Waals surface area contributed by atoms with Crippen molar-refractivity contribution in [2.24, 2.45) is 0 Å². The van der Waals surface area contributed by atoms with Crippen molar-refractivity contribution < 1.29 is 0 Å². The van der Waals surface area contributed by atoms with E-state index in [9.17, 15) is 0 Å². The fraction of sp³-hybridized carbons (Fsp3) is 0.214. The van der Waals surface area contributed by atoms with Crippen molar-refractivity contribution in [3.8, 4) is 0 Å². The molecule has 0 atom stereocenters. The summed E-state index contributed by atoms with van der Waals surface area (Å²) in [6.07, 6.45) is 1.71. The van der Waals surface area contributed by atoms with Crippen LogP contribution in [-0.2, 0) is 6.54 Å². The molecule has 18 heavy (non-hydrogen) atoms. The van der Waals surface area contributed by atoms with Gasteiger partial charge in [-0.25, -0.2) is 4.98 Å². The molecule has 4 heteroatoms. The van der Waals surface area contributed by atoms with Crippen LogP contribution in [0, 0.1) is 13.8 Å². The highest BCUT2D eigenvalue weighted by molar-refractivity contribution is 9.10. The van der Waals surface area contributed by atoms with Crippen molar-refractivity contribution in [2.45, 2.75) is 20.4 Å². The number of hydrogen-bond donors (Lipinski definition) is 1. The van der Waals surface area contributed by atoms with Crippen molar-refractivity contribution >= 4 is 33.2 Å². The van der Waals surface area contributed by atoms with Gasteiger partial charge in [-0.2, -0.15) is 0 Å². The van der Waals surface area contributed by atoms with Crippen LogP contribution in [0.3, 0.4) is 0 Å². The Hall–Kier alpha value is -1.06. The molecule has 0 aliphatic rings. The van der Waals surface area contributed by atoms with E-state index < -0.39 is 0 Å². The maximum Gasteiger partial charge on any atom is 0.152 e. The number of halogens is 2. The van der Waals surface area contributed by atoms with E-state index in [-0.39, 0.29) is 0 Å². The van der Waals surface area contributed by atoms with Gasteiger partial charge in [-0.1, -0.05) is 39.7 Å². The fourth-order valence-corrected chi connectivity index (χ4v) is 2.62. The second-order valence-corrected chi connectivity index (χ2v) is 5.45. The number of aromatic nitrogens is 1. The molecule has 1 N–H and O–H groups in total. The standard InChI is InChI=1S/C14H14BrClN2/c1-9-3-4-11(12(15)7-9)8-18-13-10(2)5-6-17-14(13)16/h3-7,18H,8H2,1-2H3. The van der Waals surface area contributed by atoms with Gasteiger partial charge in [0.25, 0.3) is 0 Å². The van der Waals surface area contributed by atoms with Crippen molar-refractivity contribution in [1.29, 1.82) is 0 Å². The number of hydrogen-bond acceptors (Lipinski definition) is 2. The van der Waals surface area contributed by atoms with Gasteiger partial charge in [0.2, 0.25) is 0 Å². The summed E-state index contributed by atoms with van der Waals surface area (Å²) in [7, 11) is 0. The molecular formula is C14H14BrClN2. The molecule has 0 aliphatic heterocycles. The second-order valence-electron chi connectivity index (χ2n) is 4.24. The van der Waals surface area contributed by atoms with Crippen LogP contribution < -0.4 is 5.32 Å². The summed E-state index contributed by atoms with van der Waals surface area (Å²) in [5.41, 5.74) is 4.42. The Kier molecular flexibility index (Phi) is 4.25. The smallest absolute Gasteiger partial charge is 0.152 e. The van der Waals surface area contributed by atoms with E-state index in [0.29, 0.717) is 11.7 Å². The SMILES string of the molecule is Cc1ccc(CNc2c(C)ccnc2Cl)c(Br)c1. The first kappa shape index (κ1) is 13.4. The summed E-state index contributed by atoms with van der Waals surface area (Å²) in [4.78, 5) is 4.08. The molecule has 94 valence electrons. The van der Waals surface area contributed by atoms with Crippen LogP contribution in [0.15, 0.2) is 34.9 Å². The Balaban J connectivity index is 2.16. The monoisotopic (exact) mass is 324 g/mol. The second kappa shape index (κ2) is 5.72.